The summed E-state index contributed by atoms with van der Waals surface area (Å²) >= 11 is 16.7. The molecule has 0 fully saturated rings. The van der Waals surface area contributed by atoms with Crippen molar-refractivity contribution in [3.8, 4) is 0 Å². The molecule has 0 aliphatic heterocycles. The molecule has 0 radical (unpaired) electrons. The zero-order valence-electron chi connectivity index (χ0n) is 6.34. The van der Waals surface area contributed by atoms with Crippen LogP contribution in [0.2, 0.25) is 0 Å². The van der Waals surface area contributed by atoms with Crippen molar-refractivity contribution in [2.24, 2.45) is 4.74 Å². The highest BCUT2D eigenvalue weighted by molar-refractivity contribution is 8.26. The molecule has 0 atom stereocenters. The zero-order chi connectivity index (χ0) is 9.19. The largest absolute Gasteiger partial charge is 0.229 e. The van der Waals surface area contributed by atoms with Crippen molar-refractivity contribution in [2.45, 2.75) is 6.92 Å². The second-order valence-corrected chi connectivity index (χ2v) is 9.35. The number of nitrogens with zero attached hydrogens (tertiary/aromatic N) is 1. The highest BCUT2D eigenvalue weighted by Gasteiger charge is 2.04. The van der Waals surface area contributed by atoms with Crippen LogP contribution < -0.4 is 0 Å². The summed E-state index contributed by atoms with van der Waals surface area (Å²) in [7, 11) is 0. The van der Waals surface area contributed by atoms with Gasteiger partial charge in [-0.05, 0) is 52.8 Å². The molecular weight excluding hydrogens is 235 g/mol. The smallest absolute Gasteiger partial charge is 0.223 e. The Morgan fingerprint density at radius 1 is 1.08 bits per heavy atom. The van der Waals surface area contributed by atoms with Crippen LogP contribution in [0.4, 0.5) is 5.69 Å². The van der Waals surface area contributed by atoms with Crippen molar-refractivity contribution >= 4 is 44.5 Å². The van der Waals surface area contributed by atoms with E-state index < -0.39 is 5.11 Å². The third-order valence-corrected chi connectivity index (χ3v) is 2.40. The molecule has 0 aliphatic carbocycles. The van der Waals surface area contributed by atoms with Crippen LogP contribution in [0.25, 0.3) is 0 Å². The van der Waals surface area contributed by atoms with Gasteiger partial charge in [0.25, 0.3) is 0 Å². The van der Waals surface area contributed by atoms with Gasteiger partial charge in [0.1, 0.15) is 0 Å². The van der Waals surface area contributed by atoms with Gasteiger partial charge in [-0.25, -0.2) is 4.74 Å². The van der Waals surface area contributed by atoms with E-state index in [2.05, 4.69) is 4.74 Å². The molecule has 0 unspecified atom stereocenters. The highest BCUT2D eigenvalue weighted by atomic mass is 36.0. The maximum absolute atomic E-state index is 5.58. The van der Waals surface area contributed by atoms with E-state index in [-0.39, 0.29) is 0 Å². The first-order valence-corrected chi connectivity index (χ1v) is 7.71. The summed E-state index contributed by atoms with van der Waals surface area (Å²) in [6.45, 7) is 1.99. The Labute approximate surface area is 86.1 Å². The summed E-state index contributed by atoms with van der Waals surface area (Å²) in [5.74, 6) is 0. The molecule has 5 heteroatoms. The number of rotatable bonds is 1. The number of benzene rings is 1. The fourth-order valence-corrected chi connectivity index (χ4v) is 1.92. The van der Waals surface area contributed by atoms with Crippen LogP contribution in [0.1, 0.15) is 5.56 Å². The lowest BCUT2D eigenvalue weighted by Crippen LogP contribution is -1.67. The average molecular weight is 242 g/mol. The maximum atomic E-state index is 5.58. The van der Waals surface area contributed by atoms with Crippen molar-refractivity contribution < 1.29 is 0 Å². The molecule has 0 spiro atoms. The fraction of sp³-hybridized carbons (Fsp3) is 0.143. The van der Waals surface area contributed by atoms with Crippen molar-refractivity contribution in [2.75, 3.05) is 0 Å². The minimum absolute atomic E-state index is 0.717. The molecule has 1 aromatic rings. The number of hydrogen-bond acceptors (Lipinski definition) is 1. The quantitative estimate of drug-likeness (QED) is 0.593. The van der Waals surface area contributed by atoms with Crippen molar-refractivity contribution in [3.05, 3.63) is 29.8 Å². The van der Waals surface area contributed by atoms with Crippen LogP contribution in [0.15, 0.2) is 29.0 Å². The molecule has 1 nitrogen and oxygen atoms in total. The molecule has 66 valence electrons. The zero-order valence-corrected chi connectivity index (χ0v) is 9.50. The lowest BCUT2D eigenvalue weighted by Gasteiger charge is -1.98. The number of aryl methyl sites for hydroxylation is 1. The van der Waals surface area contributed by atoms with E-state index in [4.69, 9.17) is 33.7 Å². The topological polar surface area (TPSA) is 12.4 Å². The van der Waals surface area contributed by atoms with Crippen molar-refractivity contribution in [1.29, 1.82) is 0 Å². The van der Waals surface area contributed by atoms with Gasteiger partial charge in [0.15, 0.2) is 0 Å². The fourth-order valence-electron chi connectivity index (χ4n) is 0.742. The first kappa shape index (κ1) is 10.4. The molecule has 0 bridgehead atoms. The monoisotopic (exact) mass is 241 g/mol. The molecule has 0 heterocycles. The Balaban J connectivity index is 3.00. The molecule has 0 aromatic heterocycles. The van der Waals surface area contributed by atoms with E-state index in [0.29, 0.717) is 5.69 Å². The van der Waals surface area contributed by atoms with Gasteiger partial charge < -0.3 is 0 Å². The summed E-state index contributed by atoms with van der Waals surface area (Å²) in [5, 5.41) is -2.61. The van der Waals surface area contributed by atoms with Gasteiger partial charge in [-0.3, -0.25) is 0 Å². The van der Waals surface area contributed by atoms with Gasteiger partial charge in [-0.2, -0.15) is 0 Å². The summed E-state index contributed by atoms with van der Waals surface area (Å²) in [4.78, 5) is 0. The summed E-state index contributed by atoms with van der Waals surface area (Å²) in [5.41, 5.74) is 1.88. The molecule has 1 aromatic carbocycles. The molecule has 1 rings (SSSR count). The Morgan fingerprint density at radius 3 is 2.00 bits per heavy atom. The standard InChI is InChI=1S/C7H7Cl3NP/c1-6-2-4-7(5-3-6)11-12(8,9)10/h2-5H,1H3. The normalized spacial score (nSPS) is 11.3. The van der Waals surface area contributed by atoms with Gasteiger partial charge in [-0.1, -0.05) is 17.7 Å². The summed E-state index contributed by atoms with van der Waals surface area (Å²) < 4.78 is 3.94. The molecule has 0 N–H and O–H groups in total. The first-order valence-electron chi connectivity index (χ1n) is 3.25. The number of halogens is 3. The van der Waals surface area contributed by atoms with E-state index in [0.717, 1.165) is 5.56 Å². The third kappa shape index (κ3) is 3.82. The lowest BCUT2D eigenvalue weighted by atomic mass is 10.2. The van der Waals surface area contributed by atoms with E-state index in [1.165, 1.54) is 0 Å². The van der Waals surface area contributed by atoms with E-state index in [9.17, 15) is 0 Å². The van der Waals surface area contributed by atoms with Gasteiger partial charge in [-0.15, -0.1) is 0 Å². The van der Waals surface area contributed by atoms with E-state index in [1.54, 1.807) is 0 Å². The second kappa shape index (κ2) is 4.02. The second-order valence-electron chi connectivity index (χ2n) is 2.35. The van der Waals surface area contributed by atoms with Crippen molar-refractivity contribution in [1.82, 2.24) is 0 Å². The molecule has 0 saturated heterocycles. The van der Waals surface area contributed by atoms with Crippen LogP contribution >= 0.6 is 38.8 Å². The molecular formula is C7H7Cl3NP. The molecule has 0 amide bonds. The van der Waals surface area contributed by atoms with Gasteiger partial charge in [0, 0.05) is 0 Å². The van der Waals surface area contributed by atoms with Crippen LogP contribution in [0.5, 0.6) is 0 Å². The van der Waals surface area contributed by atoms with E-state index >= 15 is 0 Å². The SMILES string of the molecule is Cc1ccc(N=P(Cl)(Cl)Cl)cc1. The first-order chi connectivity index (χ1) is 5.47. The van der Waals surface area contributed by atoms with Crippen LogP contribution in [0.3, 0.4) is 0 Å². The Kier molecular flexibility index (Phi) is 3.48. The van der Waals surface area contributed by atoms with Crippen LogP contribution in [-0.2, 0) is 0 Å². The Hall–Kier alpha value is 0.320. The lowest BCUT2D eigenvalue weighted by molar-refractivity contribution is 1.45. The minimum atomic E-state index is -2.61. The summed E-state index contributed by atoms with van der Waals surface area (Å²) in [6, 6.07) is 7.52. The number of hydrogen-bond donors (Lipinski definition) is 0. The highest BCUT2D eigenvalue weighted by Crippen LogP contribution is 2.66. The van der Waals surface area contributed by atoms with Gasteiger partial charge in [0.05, 0.1) is 5.69 Å². The van der Waals surface area contributed by atoms with Gasteiger partial charge in [0.2, 0.25) is 5.11 Å². The Morgan fingerprint density at radius 2 is 1.58 bits per heavy atom. The van der Waals surface area contributed by atoms with E-state index in [1.807, 2.05) is 31.2 Å². The molecule has 0 saturated carbocycles. The van der Waals surface area contributed by atoms with Gasteiger partial charge >= 0.3 is 0 Å². The third-order valence-electron chi connectivity index (χ3n) is 1.26. The van der Waals surface area contributed by atoms with Crippen molar-refractivity contribution in [3.63, 3.8) is 0 Å². The maximum Gasteiger partial charge on any atom is 0.229 e. The van der Waals surface area contributed by atoms with Crippen LogP contribution in [-0.4, -0.2) is 0 Å². The minimum Gasteiger partial charge on any atom is -0.223 e. The summed E-state index contributed by atoms with van der Waals surface area (Å²) in [6.07, 6.45) is 0. The predicted molar refractivity (Wildman–Crippen MR) is 57.7 cm³/mol. The predicted octanol–water partition coefficient (Wildman–Crippen LogP) is 5.29. The molecule has 12 heavy (non-hydrogen) atoms. The van der Waals surface area contributed by atoms with Crippen LogP contribution in [0, 0.1) is 6.92 Å². The Bertz CT molecular complexity index is 306. The average Bonchev–Trinajstić information content (AvgIpc) is 1.91. The molecule has 0 aliphatic rings.